The van der Waals surface area contributed by atoms with Gasteiger partial charge in [-0.15, -0.1) is 0 Å². The van der Waals surface area contributed by atoms with Gasteiger partial charge in [0.2, 0.25) is 0 Å². The normalized spacial score (nSPS) is 14.6. The Labute approximate surface area is 423 Å². The van der Waals surface area contributed by atoms with E-state index in [-0.39, 0.29) is 5.41 Å². The highest BCUT2D eigenvalue weighted by atomic mass is 15.1. The van der Waals surface area contributed by atoms with Crippen molar-refractivity contribution in [1.82, 2.24) is 0 Å². The maximum atomic E-state index is 2.55. The molecule has 0 fully saturated rings. The average Bonchev–Trinajstić information content (AvgIpc) is 4.01. The Morgan fingerprint density at radius 3 is 1.29 bits per heavy atom. The Kier molecular flexibility index (Phi) is 9.44. The van der Waals surface area contributed by atoms with Gasteiger partial charge in [0.1, 0.15) is 0 Å². The molecule has 11 aromatic rings. The average molecular weight is 918 g/mol. The number of fused-ring (bicyclic) bond motifs is 9. The summed E-state index contributed by atoms with van der Waals surface area (Å²) in [6.45, 7) is 4.77. The molecule has 14 rings (SSSR count). The van der Waals surface area contributed by atoms with Crippen molar-refractivity contribution >= 4 is 17.1 Å². The van der Waals surface area contributed by atoms with E-state index in [0.717, 1.165) is 22.6 Å². The fourth-order valence-electron chi connectivity index (χ4n) is 13.4. The summed E-state index contributed by atoms with van der Waals surface area (Å²) in [4.78, 5) is 2.55. The van der Waals surface area contributed by atoms with E-state index >= 15 is 0 Å². The summed E-state index contributed by atoms with van der Waals surface area (Å²) in [6, 6.07) is 102. The topological polar surface area (TPSA) is 3.24 Å². The van der Waals surface area contributed by atoms with E-state index in [0.29, 0.717) is 0 Å². The van der Waals surface area contributed by atoms with Gasteiger partial charge >= 0.3 is 0 Å². The van der Waals surface area contributed by atoms with Crippen LogP contribution in [0.3, 0.4) is 0 Å². The van der Waals surface area contributed by atoms with Crippen molar-refractivity contribution in [2.75, 3.05) is 4.90 Å². The van der Waals surface area contributed by atoms with Gasteiger partial charge in [0, 0.05) is 22.4 Å². The van der Waals surface area contributed by atoms with Gasteiger partial charge in [0.15, 0.2) is 0 Å². The summed E-state index contributed by atoms with van der Waals surface area (Å²) >= 11 is 0. The highest BCUT2D eigenvalue weighted by Gasteiger charge is 2.48. The minimum absolute atomic E-state index is 0.178. The molecule has 0 heterocycles. The van der Waals surface area contributed by atoms with E-state index in [2.05, 4.69) is 292 Å². The molecule has 3 aliphatic carbocycles. The van der Waals surface area contributed by atoms with Crippen LogP contribution in [-0.4, -0.2) is 0 Å². The van der Waals surface area contributed by atoms with E-state index in [4.69, 9.17) is 0 Å². The molecule has 0 atom stereocenters. The van der Waals surface area contributed by atoms with Crippen molar-refractivity contribution in [3.63, 3.8) is 0 Å². The van der Waals surface area contributed by atoms with E-state index in [1.165, 1.54) is 94.6 Å². The molecule has 0 N–H and O–H groups in total. The second-order valence-corrected chi connectivity index (χ2v) is 20.3. The summed E-state index contributed by atoms with van der Waals surface area (Å²) in [5, 5.41) is 0. The van der Waals surface area contributed by atoms with Gasteiger partial charge in [-0.2, -0.15) is 0 Å². The lowest BCUT2D eigenvalue weighted by Gasteiger charge is -2.34. The minimum Gasteiger partial charge on any atom is -0.310 e. The van der Waals surface area contributed by atoms with Crippen LogP contribution in [0.5, 0.6) is 0 Å². The molecule has 1 nitrogen and oxygen atoms in total. The molecule has 0 aliphatic heterocycles. The molecule has 0 saturated carbocycles. The zero-order valence-corrected chi connectivity index (χ0v) is 40.4. The van der Waals surface area contributed by atoms with Gasteiger partial charge in [-0.25, -0.2) is 0 Å². The van der Waals surface area contributed by atoms with Crippen LogP contribution in [0.25, 0.3) is 44.5 Å². The van der Waals surface area contributed by atoms with Crippen LogP contribution >= 0.6 is 0 Å². The van der Waals surface area contributed by atoms with Crippen molar-refractivity contribution < 1.29 is 0 Å². The highest BCUT2D eigenvalue weighted by Crippen LogP contribution is 2.61. The third kappa shape index (κ3) is 5.89. The predicted molar refractivity (Wildman–Crippen MR) is 299 cm³/mol. The number of rotatable bonds is 8. The first-order chi connectivity index (χ1) is 35.5. The van der Waals surface area contributed by atoms with Crippen LogP contribution < -0.4 is 4.90 Å². The summed E-state index contributed by atoms with van der Waals surface area (Å²) in [5.41, 5.74) is 25.2. The summed E-state index contributed by atoms with van der Waals surface area (Å²) in [7, 11) is 0. The molecule has 0 spiro atoms. The van der Waals surface area contributed by atoms with Crippen molar-refractivity contribution in [1.29, 1.82) is 0 Å². The first-order valence-corrected chi connectivity index (χ1v) is 25.3. The third-order valence-corrected chi connectivity index (χ3v) is 16.4. The van der Waals surface area contributed by atoms with Crippen molar-refractivity contribution in [2.24, 2.45) is 0 Å². The van der Waals surface area contributed by atoms with Crippen LogP contribution in [0.2, 0.25) is 0 Å². The Bertz CT molecular complexity index is 3810. The van der Waals surface area contributed by atoms with Crippen LogP contribution in [0.1, 0.15) is 69.5 Å². The summed E-state index contributed by atoms with van der Waals surface area (Å²) in [6.07, 6.45) is 0. The van der Waals surface area contributed by atoms with Crippen molar-refractivity contribution in [3.05, 3.63) is 329 Å². The maximum Gasteiger partial charge on any atom is 0.0714 e. The van der Waals surface area contributed by atoms with Crippen LogP contribution in [-0.2, 0) is 16.2 Å². The third-order valence-electron chi connectivity index (χ3n) is 16.4. The number of nitrogens with zero attached hydrogens (tertiary/aromatic N) is 1. The molecular weight excluding hydrogens is 867 g/mol. The number of anilines is 3. The Morgan fingerprint density at radius 1 is 0.264 bits per heavy atom. The first kappa shape index (κ1) is 42.1. The molecule has 0 bridgehead atoms. The largest absolute Gasteiger partial charge is 0.310 e. The summed E-state index contributed by atoms with van der Waals surface area (Å²) < 4.78 is 0. The fraction of sp³-hybridized carbons (Fsp3) is 0.0704. The van der Waals surface area contributed by atoms with E-state index in [9.17, 15) is 0 Å². The van der Waals surface area contributed by atoms with E-state index in [1.54, 1.807) is 0 Å². The lowest BCUT2D eigenvalue weighted by Crippen LogP contribution is -2.28. The first-order valence-electron chi connectivity index (χ1n) is 25.3. The Balaban J connectivity index is 1.01. The van der Waals surface area contributed by atoms with E-state index in [1.807, 2.05) is 0 Å². The summed E-state index contributed by atoms with van der Waals surface area (Å²) in [5.74, 6) is 0. The molecule has 0 saturated heterocycles. The molecule has 0 unspecified atom stereocenters. The quantitative estimate of drug-likeness (QED) is 0.147. The Hall–Kier alpha value is -8.78. The fourth-order valence-corrected chi connectivity index (χ4v) is 13.4. The highest BCUT2D eigenvalue weighted by molar-refractivity contribution is 5.99. The molecule has 340 valence electrons. The second-order valence-electron chi connectivity index (χ2n) is 20.3. The molecule has 0 radical (unpaired) electrons. The van der Waals surface area contributed by atoms with Crippen molar-refractivity contribution in [2.45, 2.75) is 30.1 Å². The maximum absolute atomic E-state index is 2.55. The number of hydrogen-bond donors (Lipinski definition) is 0. The molecule has 3 aliphatic rings. The van der Waals surface area contributed by atoms with Gasteiger partial charge in [-0.3, -0.25) is 0 Å². The smallest absolute Gasteiger partial charge is 0.0714 e. The van der Waals surface area contributed by atoms with Crippen molar-refractivity contribution in [3.8, 4) is 44.5 Å². The zero-order chi connectivity index (χ0) is 48.0. The van der Waals surface area contributed by atoms with E-state index < -0.39 is 10.8 Å². The lowest BCUT2D eigenvalue weighted by molar-refractivity contribution is 0.660. The van der Waals surface area contributed by atoms with Gasteiger partial charge in [0.25, 0.3) is 0 Å². The second kappa shape index (κ2) is 16.1. The Morgan fingerprint density at radius 2 is 0.681 bits per heavy atom. The predicted octanol–water partition coefficient (Wildman–Crippen LogP) is 17.9. The molecule has 1 heteroatoms. The minimum atomic E-state index is -0.536. The standard InChI is InChI=1S/C71H51N/c1-69(2)61-36-18-15-33-56(61)58-44-42-55(47-65(58)69)72(67-40-22-39-64-68(67)60-35-17-20-38-63(60)70(64,50-24-7-3-8-25-50)51-26-9-4-10-27-51)54-32-21-23-48(45-54)49-41-43-59-57-34-16-19-37-62(57)71(66(59)46-49,52-28-11-5-12-29-52)53-30-13-6-14-31-53/h3-47H,1-2H3. The molecule has 11 aromatic carbocycles. The lowest BCUT2D eigenvalue weighted by atomic mass is 9.67. The molecular formula is C71H51N. The van der Waals surface area contributed by atoms with Crippen LogP contribution in [0.4, 0.5) is 17.1 Å². The van der Waals surface area contributed by atoms with Gasteiger partial charge in [0.05, 0.1) is 16.5 Å². The molecule has 0 amide bonds. The molecule has 0 aromatic heterocycles. The van der Waals surface area contributed by atoms with Crippen LogP contribution in [0.15, 0.2) is 273 Å². The monoisotopic (exact) mass is 917 g/mol. The van der Waals surface area contributed by atoms with Gasteiger partial charge in [-0.1, -0.05) is 250 Å². The molecule has 72 heavy (non-hydrogen) atoms. The van der Waals surface area contributed by atoms with Crippen LogP contribution in [0, 0.1) is 0 Å². The van der Waals surface area contributed by atoms with Gasteiger partial charge < -0.3 is 4.90 Å². The SMILES string of the molecule is CC1(C)c2ccccc2-c2ccc(N(c3cccc(-c4ccc5c(c4)C(c4ccccc4)(c4ccccc4)c4ccccc4-5)c3)c3cccc4c3-c3ccccc3C4(c3ccccc3)c3ccccc3)cc21. The number of hydrogen-bond acceptors (Lipinski definition) is 1. The zero-order valence-electron chi connectivity index (χ0n) is 40.4. The number of benzene rings is 11. The van der Waals surface area contributed by atoms with Gasteiger partial charge in [-0.05, 0) is 131 Å².